The van der Waals surface area contributed by atoms with Gasteiger partial charge in [0.25, 0.3) is 0 Å². The molecule has 0 aliphatic heterocycles. The van der Waals surface area contributed by atoms with E-state index < -0.39 is 0 Å². The maximum Gasteiger partial charge on any atom is 0.0730 e. The van der Waals surface area contributed by atoms with Gasteiger partial charge in [-0.15, -0.1) is 0 Å². The van der Waals surface area contributed by atoms with Crippen LogP contribution < -0.4 is 5.73 Å². The second-order valence-corrected chi connectivity index (χ2v) is 4.07. The average Bonchev–Trinajstić information content (AvgIpc) is 2.77. The van der Waals surface area contributed by atoms with E-state index in [9.17, 15) is 0 Å². The molecule has 74 valence electrons. The molecular weight excluding hydrogens is 194 g/mol. The van der Waals surface area contributed by atoms with Crippen molar-refractivity contribution in [1.29, 1.82) is 0 Å². The molecule has 2 aromatic rings. The maximum absolute atomic E-state index is 5.71. The highest BCUT2D eigenvalue weighted by molar-refractivity contribution is 7.07. The summed E-state index contributed by atoms with van der Waals surface area (Å²) in [5, 5.41) is 8.48. The van der Waals surface area contributed by atoms with Gasteiger partial charge in [-0.1, -0.05) is 0 Å². The molecule has 4 heteroatoms. The number of thiophene rings is 1. The van der Waals surface area contributed by atoms with Crippen LogP contribution in [0.4, 0.5) is 5.69 Å². The summed E-state index contributed by atoms with van der Waals surface area (Å²) in [4.78, 5) is 0. The average molecular weight is 207 g/mol. The zero-order valence-corrected chi connectivity index (χ0v) is 8.92. The molecule has 14 heavy (non-hydrogen) atoms. The molecule has 2 N–H and O–H groups in total. The zero-order valence-electron chi connectivity index (χ0n) is 8.10. The number of nitrogens with two attached hydrogens (primary N) is 1. The summed E-state index contributed by atoms with van der Waals surface area (Å²) in [6.07, 6.45) is 2.73. The number of nitrogen functional groups attached to an aromatic ring is 1. The molecule has 0 bridgehead atoms. The van der Waals surface area contributed by atoms with Crippen molar-refractivity contribution in [2.24, 2.45) is 0 Å². The first-order valence-corrected chi connectivity index (χ1v) is 5.50. The second kappa shape index (κ2) is 3.84. The summed E-state index contributed by atoms with van der Waals surface area (Å²) in [6, 6.07) is 2.15. The molecule has 0 aliphatic carbocycles. The topological polar surface area (TPSA) is 43.8 Å². The third-order valence-electron chi connectivity index (χ3n) is 2.33. The molecule has 0 amide bonds. The van der Waals surface area contributed by atoms with Gasteiger partial charge >= 0.3 is 0 Å². The summed E-state index contributed by atoms with van der Waals surface area (Å²) in [5.74, 6) is 0. The van der Waals surface area contributed by atoms with E-state index >= 15 is 0 Å². The number of hydrogen-bond donors (Lipinski definition) is 1. The fraction of sp³-hybridized carbons (Fsp3) is 0.300. The van der Waals surface area contributed by atoms with E-state index in [1.807, 2.05) is 11.6 Å². The van der Waals surface area contributed by atoms with E-state index in [-0.39, 0.29) is 0 Å². The quantitative estimate of drug-likeness (QED) is 0.837. The fourth-order valence-corrected chi connectivity index (χ4v) is 2.06. The lowest BCUT2D eigenvalue weighted by atomic mass is 10.2. The van der Waals surface area contributed by atoms with Gasteiger partial charge in [0.15, 0.2) is 0 Å². The monoisotopic (exact) mass is 207 g/mol. The van der Waals surface area contributed by atoms with E-state index in [4.69, 9.17) is 5.73 Å². The van der Waals surface area contributed by atoms with Gasteiger partial charge in [0.1, 0.15) is 0 Å². The predicted molar refractivity (Wildman–Crippen MR) is 59.4 cm³/mol. The van der Waals surface area contributed by atoms with Crippen LogP contribution in [0.5, 0.6) is 0 Å². The van der Waals surface area contributed by atoms with Crippen molar-refractivity contribution in [3.63, 3.8) is 0 Å². The molecule has 3 nitrogen and oxygen atoms in total. The van der Waals surface area contributed by atoms with Crippen molar-refractivity contribution in [2.75, 3.05) is 5.73 Å². The first-order valence-electron chi connectivity index (χ1n) is 4.56. The molecule has 0 unspecified atom stereocenters. The van der Waals surface area contributed by atoms with Crippen molar-refractivity contribution in [1.82, 2.24) is 9.78 Å². The third kappa shape index (κ3) is 1.80. The Hall–Kier alpha value is -1.29. The first-order chi connectivity index (χ1) is 6.77. The number of anilines is 1. The largest absolute Gasteiger partial charge is 0.396 e. The van der Waals surface area contributed by atoms with Gasteiger partial charge in [-0.05, 0) is 35.7 Å². The summed E-state index contributed by atoms with van der Waals surface area (Å²) in [5.41, 5.74) is 8.90. The zero-order chi connectivity index (χ0) is 9.97. The summed E-state index contributed by atoms with van der Waals surface area (Å²) < 4.78 is 1.95. The van der Waals surface area contributed by atoms with Crippen LogP contribution in [0, 0.1) is 6.92 Å². The fourth-order valence-electron chi connectivity index (χ4n) is 1.36. The second-order valence-electron chi connectivity index (χ2n) is 3.29. The normalized spacial score (nSPS) is 10.6. The van der Waals surface area contributed by atoms with E-state index in [0.29, 0.717) is 0 Å². The summed E-state index contributed by atoms with van der Waals surface area (Å²) in [7, 11) is 0. The van der Waals surface area contributed by atoms with Crippen LogP contribution in [0.1, 0.15) is 11.3 Å². The summed E-state index contributed by atoms with van der Waals surface area (Å²) >= 11 is 1.73. The Balaban J connectivity index is 2.02. The first kappa shape index (κ1) is 9.27. The predicted octanol–water partition coefficient (Wildman–Crippen LogP) is 2.08. The highest BCUT2D eigenvalue weighted by Gasteiger charge is 2.02. The Morgan fingerprint density at radius 2 is 2.43 bits per heavy atom. The number of nitrogens with zero attached hydrogens (tertiary/aromatic N) is 2. The van der Waals surface area contributed by atoms with Crippen molar-refractivity contribution >= 4 is 17.0 Å². The molecule has 0 aliphatic rings. The van der Waals surface area contributed by atoms with Crippen LogP contribution in [-0.4, -0.2) is 9.78 Å². The maximum atomic E-state index is 5.71. The Bertz CT molecular complexity index is 403. The van der Waals surface area contributed by atoms with Gasteiger partial charge in [0, 0.05) is 6.54 Å². The molecule has 0 atom stereocenters. The smallest absolute Gasteiger partial charge is 0.0730 e. The molecule has 2 rings (SSSR count). The van der Waals surface area contributed by atoms with Gasteiger partial charge in [0.05, 0.1) is 17.6 Å². The SMILES string of the molecule is Cc1c(N)cnn1CCc1ccsc1. The van der Waals surface area contributed by atoms with E-state index in [0.717, 1.165) is 24.3 Å². The van der Waals surface area contributed by atoms with E-state index in [2.05, 4.69) is 21.9 Å². The number of rotatable bonds is 3. The lowest BCUT2D eigenvalue weighted by Crippen LogP contribution is -2.05. The minimum Gasteiger partial charge on any atom is -0.396 e. The van der Waals surface area contributed by atoms with Crippen LogP contribution in [0.2, 0.25) is 0 Å². The molecule has 0 fully saturated rings. The minimum absolute atomic E-state index is 0.773. The highest BCUT2D eigenvalue weighted by Crippen LogP contribution is 2.11. The molecule has 2 aromatic heterocycles. The molecular formula is C10H13N3S. The van der Waals surface area contributed by atoms with Crippen molar-refractivity contribution in [3.8, 4) is 0 Å². The standard InChI is InChI=1S/C10H13N3S/c1-8-10(11)6-12-13(8)4-2-9-3-5-14-7-9/h3,5-7H,2,4,11H2,1H3. The van der Waals surface area contributed by atoms with Gasteiger partial charge in [-0.2, -0.15) is 16.4 Å². The molecule has 0 aromatic carbocycles. The van der Waals surface area contributed by atoms with E-state index in [1.165, 1.54) is 5.56 Å². The molecule has 2 heterocycles. The third-order valence-corrected chi connectivity index (χ3v) is 3.07. The highest BCUT2D eigenvalue weighted by atomic mass is 32.1. The van der Waals surface area contributed by atoms with Crippen molar-refractivity contribution in [2.45, 2.75) is 19.9 Å². The van der Waals surface area contributed by atoms with Crippen molar-refractivity contribution in [3.05, 3.63) is 34.3 Å². The van der Waals surface area contributed by atoms with Crippen molar-refractivity contribution < 1.29 is 0 Å². The van der Waals surface area contributed by atoms with Gasteiger partial charge in [-0.3, -0.25) is 4.68 Å². The van der Waals surface area contributed by atoms with Crippen LogP contribution in [-0.2, 0) is 13.0 Å². The Morgan fingerprint density at radius 3 is 3.00 bits per heavy atom. The number of aryl methyl sites for hydroxylation is 2. The Morgan fingerprint density at radius 1 is 1.57 bits per heavy atom. The van der Waals surface area contributed by atoms with Gasteiger partial charge in [-0.25, -0.2) is 0 Å². The minimum atomic E-state index is 0.773. The Kier molecular flexibility index (Phi) is 2.54. The van der Waals surface area contributed by atoms with Crippen LogP contribution in [0.15, 0.2) is 23.0 Å². The van der Waals surface area contributed by atoms with Gasteiger partial charge < -0.3 is 5.73 Å². The van der Waals surface area contributed by atoms with Crippen LogP contribution >= 0.6 is 11.3 Å². The van der Waals surface area contributed by atoms with Gasteiger partial charge in [0.2, 0.25) is 0 Å². The molecule has 0 radical (unpaired) electrons. The van der Waals surface area contributed by atoms with E-state index in [1.54, 1.807) is 17.5 Å². The lowest BCUT2D eigenvalue weighted by molar-refractivity contribution is 0.599. The Labute approximate surface area is 87.2 Å². The molecule has 0 saturated carbocycles. The number of aromatic nitrogens is 2. The van der Waals surface area contributed by atoms with Crippen LogP contribution in [0.25, 0.3) is 0 Å². The summed E-state index contributed by atoms with van der Waals surface area (Å²) in [6.45, 7) is 2.90. The molecule has 0 spiro atoms. The molecule has 0 saturated heterocycles. The van der Waals surface area contributed by atoms with Crippen LogP contribution in [0.3, 0.4) is 0 Å². The lowest BCUT2D eigenvalue weighted by Gasteiger charge is -2.02. The number of hydrogen-bond acceptors (Lipinski definition) is 3.